The van der Waals surface area contributed by atoms with Gasteiger partial charge in [0.15, 0.2) is 0 Å². The maximum atomic E-state index is 13.2. The number of hydrogen-bond acceptors (Lipinski definition) is 4. The molecule has 1 aliphatic heterocycles. The van der Waals surface area contributed by atoms with Crippen LogP contribution in [-0.2, 0) is 0 Å². The van der Waals surface area contributed by atoms with Gasteiger partial charge in [0, 0.05) is 36.3 Å². The third kappa shape index (κ3) is 4.10. The molecule has 7 heteroatoms. The minimum Gasteiger partial charge on any atom is -0.370 e. The SMILES string of the molecule is Cc1c(C(=O)N2CCCN(c3ccc(C#N)cc3)CC2)cnn1-c1ccc(Br)cc1. The Morgan fingerprint density at radius 3 is 2.40 bits per heavy atom. The molecule has 1 aliphatic rings. The van der Waals surface area contributed by atoms with Gasteiger partial charge in [0.25, 0.3) is 5.91 Å². The van der Waals surface area contributed by atoms with Gasteiger partial charge in [-0.3, -0.25) is 4.79 Å². The van der Waals surface area contributed by atoms with Gasteiger partial charge in [-0.2, -0.15) is 10.4 Å². The average Bonchev–Trinajstić information content (AvgIpc) is 2.99. The Hall–Kier alpha value is -3.11. The fraction of sp³-hybridized carbons (Fsp3) is 0.261. The van der Waals surface area contributed by atoms with E-state index in [0.717, 1.165) is 41.1 Å². The first-order chi connectivity index (χ1) is 14.6. The van der Waals surface area contributed by atoms with E-state index in [1.54, 1.807) is 10.9 Å². The van der Waals surface area contributed by atoms with Crippen molar-refractivity contribution in [1.82, 2.24) is 14.7 Å². The fourth-order valence-corrected chi connectivity index (χ4v) is 4.02. The van der Waals surface area contributed by atoms with Gasteiger partial charge in [0.2, 0.25) is 0 Å². The Labute approximate surface area is 184 Å². The fourth-order valence-electron chi connectivity index (χ4n) is 3.76. The predicted octanol–water partition coefficient (Wildman–Crippen LogP) is 4.17. The lowest BCUT2D eigenvalue weighted by Gasteiger charge is -2.23. The first kappa shape index (κ1) is 20.2. The summed E-state index contributed by atoms with van der Waals surface area (Å²) in [6.07, 6.45) is 2.56. The number of carbonyl (C=O) groups excluding carboxylic acids is 1. The zero-order valence-corrected chi connectivity index (χ0v) is 18.3. The van der Waals surface area contributed by atoms with Crippen molar-refractivity contribution in [2.24, 2.45) is 0 Å². The molecule has 2 heterocycles. The first-order valence-corrected chi connectivity index (χ1v) is 10.7. The van der Waals surface area contributed by atoms with E-state index in [4.69, 9.17) is 5.26 Å². The van der Waals surface area contributed by atoms with Crippen molar-refractivity contribution in [3.63, 3.8) is 0 Å². The maximum absolute atomic E-state index is 13.2. The van der Waals surface area contributed by atoms with Crippen LogP contribution in [-0.4, -0.2) is 46.8 Å². The van der Waals surface area contributed by atoms with Crippen LogP contribution in [0.3, 0.4) is 0 Å². The highest BCUT2D eigenvalue weighted by Crippen LogP contribution is 2.21. The van der Waals surface area contributed by atoms with Gasteiger partial charge in [0.1, 0.15) is 0 Å². The predicted molar refractivity (Wildman–Crippen MR) is 120 cm³/mol. The summed E-state index contributed by atoms with van der Waals surface area (Å²) < 4.78 is 2.81. The van der Waals surface area contributed by atoms with Crippen molar-refractivity contribution >= 4 is 27.5 Å². The summed E-state index contributed by atoms with van der Waals surface area (Å²) in [6, 6.07) is 17.6. The number of aromatic nitrogens is 2. The number of rotatable bonds is 3. The van der Waals surface area contributed by atoms with Crippen LogP contribution >= 0.6 is 15.9 Å². The van der Waals surface area contributed by atoms with Gasteiger partial charge in [-0.15, -0.1) is 0 Å². The van der Waals surface area contributed by atoms with E-state index < -0.39 is 0 Å². The molecular weight excluding hydrogens is 442 g/mol. The smallest absolute Gasteiger partial charge is 0.257 e. The molecule has 0 saturated carbocycles. The summed E-state index contributed by atoms with van der Waals surface area (Å²) >= 11 is 3.44. The van der Waals surface area contributed by atoms with Crippen molar-refractivity contribution in [2.45, 2.75) is 13.3 Å². The average molecular weight is 464 g/mol. The largest absolute Gasteiger partial charge is 0.370 e. The number of nitriles is 1. The van der Waals surface area contributed by atoms with Crippen LogP contribution in [0.15, 0.2) is 59.2 Å². The molecule has 0 radical (unpaired) electrons. The van der Waals surface area contributed by atoms with Crippen molar-refractivity contribution in [2.75, 3.05) is 31.1 Å². The monoisotopic (exact) mass is 463 g/mol. The number of hydrogen-bond donors (Lipinski definition) is 0. The second kappa shape index (κ2) is 8.72. The van der Waals surface area contributed by atoms with E-state index in [-0.39, 0.29) is 5.91 Å². The topological polar surface area (TPSA) is 65.2 Å². The highest BCUT2D eigenvalue weighted by atomic mass is 79.9. The van der Waals surface area contributed by atoms with Crippen molar-refractivity contribution in [3.05, 3.63) is 76.0 Å². The lowest BCUT2D eigenvalue weighted by Crippen LogP contribution is -2.35. The molecule has 1 amide bonds. The van der Waals surface area contributed by atoms with E-state index in [0.29, 0.717) is 24.2 Å². The molecule has 152 valence electrons. The molecular formula is C23H22BrN5O. The lowest BCUT2D eigenvalue weighted by molar-refractivity contribution is 0.0766. The number of halogens is 1. The lowest BCUT2D eigenvalue weighted by atomic mass is 10.2. The molecule has 1 fully saturated rings. The van der Waals surface area contributed by atoms with Crippen LogP contribution < -0.4 is 4.90 Å². The van der Waals surface area contributed by atoms with Gasteiger partial charge in [0.05, 0.1) is 34.8 Å². The van der Waals surface area contributed by atoms with Crippen molar-refractivity contribution in [1.29, 1.82) is 5.26 Å². The highest BCUT2D eigenvalue weighted by molar-refractivity contribution is 9.10. The van der Waals surface area contributed by atoms with Crippen molar-refractivity contribution < 1.29 is 4.79 Å². The van der Waals surface area contributed by atoms with Gasteiger partial charge >= 0.3 is 0 Å². The Kier molecular flexibility index (Phi) is 5.86. The van der Waals surface area contributed by atoms with Crippen LogP contribution in [0.5, 0.6) is 0 Å². The quantitative estimate of drug-likeness (QED) is 0.584. The number of carbonyl (C=O) groups is 1. The molecule has 2 aromatic carbocycles. The summed E-state index contributed by atoms with van der Waals surface area (Å²) in [6.45, 7) is 4.95. The summed E-state index contributed by atoms with van der Waals surface area (Å²) in [5.74, 6) is 0.0255. The van der Waals surface area contributed by atoms with Crippen LogP contribution in [0, 0.1) is 18.3 Å². The molecule has 30 heavy (non-hydrogen) atoms. The number of benzene rings is 2. The zero-order chi connectivity index (χ0) is 21.1. The first-order valence-electron chi connectivity index (χ1n) is 9.92. The third-order valence-corrected chi connectivity index (χ3v) is 5.98. The number of anilines is 1. The maximum Gasteiger partial charge on any atom is 0.257 e. The Balaban J connectivity index is 1.48. The van der Waals surface area contributed by atoms with Gasteiger partial charge < -0.3 is 9.80 Å². The van der Waals surface area contributed by atoms with E-state index in [1.165, 1.54) is 0 Å². The second-order valence-corrected chi connectivity index (χ2v) is 8.24. The molecule has 0 spiro atoms. The molecule has 1 aromatic heterocycles. The Bertz CT molecular complexity index is 1080. The Morgan fingerprint density at radius 1 is 1.00 bits per heavy atom. The Morgan fingerprint density at radius 2 is 1.70 bits per heavy atom. The van der Waals surface area contributed by atoms with Crippen LogP contribution in [0.2, 0.25) is 0 Å². The molecule has 0 N–H and O–H groups in total. The summed E-state index contributed by atoms with van der Waals surface area (Å²) in [5.41, 5.74) is 4.16. The molecule has 4 rings (SSSR count). The number of nitrogens with zero attached hydrogens (tertiary/aromatic N) is 5. The minimum atomic E-state index is 0.0255. The summed E-state index contributed by atoms with van der Waals surface area (Å²) in [7, 11) is 0. The molecule has 1 saturated heterocycles. The normalized spacial score (nSPS) is 14.3. The van der Waals surface area contributed by atoms with E-state index in [9.17, 15) is 4.79 Å². The van der Waals surface area contributed by atoms with Crippen LogP contribution in [0.4, 0.5) is 5.69 Å². The minimum absolute atomic E-state index is 0.0255. The molecule has 6 nitrogen and oxygen atoms in total. The molecule has 0 unspecified atom stereocenters. The van der Waals surface area contributed by atoms with Gasteiger partial charge in [-0.1, -0.05) is 15.9 Å². The van der Waals surface area contributed by atoms with Crippen molar-refractivity contribution in [3.8, 4) is 11.8 Å². The van der Waals surface area contributed by atoms with E-state index in [2.05, 4.69) is 32.0 Å². The van der Waals surface area contributed by atoms with Gasteiger partial charge in [-0.25, -0.2) is 4.68 Å². The molecule has 0 aliphatic carbocycles. The zero-order valence-electron chi connectivity index (χ0n) is 16.8. The standard InChI is InChI=1S/C23H22BrN5O/c1-17-22(16-26-29(17)21-9-5-19(24)6-10-21)23(30)28-12-2-11-27(13-14-28)20-7-3-18(15-25)4-8-20/h3-10,16H,2,11-14H2,1H3. The highest BCUT2D eigenvalue weighted by Gasteiger charge is 2.24. The van der Waals surface area contributed by atoms with Gasteiger partial charge in [-0.05, 0) is 61.9 Å². The third-order valence-electron chi connectivity index (χ3n) is 5.46. The summed E-state index contributed by atoms with van der Waals surface area (Å²) in [4.78, 5) is 17.4. The van der Waals surface area contributed by atoms with Crippen LogP contribution in [0.25, 0.3) is 5.69 Å². The van der Waals surface area contributed by atoms with E-state index in [1.807, 2.05) is 60.4 Å². The van der Waals surface area contributed by atoms with E-state index >= 15 is 0 Å². The molecule has 0 bridgehead atoms. The molecule has 3 aromatic rings. The second-order valence-electron chi connectivity index (χ2n) is 7.32. The number of amides is 1. The summed E-state index contributed by atoms with van der Waals surface area (Å²) in [5, 5.41) is 13.4. The molecule has 0 atom stereocenters. The van der Waals surface area contributed by atoms with Crippen LogP contribution in [0.1, 0.15) is 28.0 Å².